The molecule has 0 radical (unpaired) electrons. The third-order valence-corrected chi connectivity index (χ3v) is 4.54. The molecule has 2 N–H and O–H groups in total. The number of nitrogens with one attached hydrogen (secondary N) is 1. The Kier molecular flexibility index (Phi) is 4.55. The number of aliphatic hydroxyl groups is 1. The van der Waals surface area contributed by atoms with Gasteiger partial charge in [-0.2, -0.15) is 5.10 Å². The smallest absolute Gasteiger partial charge is 0.222 e. The number of hydrogen-bond donors (Lipinski definition) is 2. The largest absolute Gasteiger partial charge is 0.390 e. The number of hydrogen-bond acceptors (Lipinski definition) is 4. The predicted molar refractivity (Wildman–Crippen MR) is 78.8 cm³/mol. The van der Waals surface area contributed by atoms with E-state index in [1.54, 1.807) is 11.1 Å². The van der Waals surface area contributed by atoms with Gasteiger partial charge in [0, 0.05) is 50.4 Å². The first-order valence-electron chi connectivity index (χ1n) is 7.90. The summed E-state index contributed by atoms with van der Waals surface area (Å²) in [4.78, 5) is 15.7. The molecule has 0 bridgehead atoms. The van der Waals surface area contributed by atoms with Crippen molar-refractivity contribution in [2.24, 2.45) is 0 Å². The van der Waals surface area contributed by atoms with Gasteiger partial charge in [-0.25, -0.2) is 0 Å². The molecule has 0 aromatic carbocycles. The zero-order valence-corrected chi connectivity index (χ0v) is 12.4. The molecule has 3 heterocycles. The van der Waals surface area contributed by atoms with E-state index in [2.05, 4.69) is 15.1 Å². The van der Waals surface area contributed by atoms with Crippen LogP contribution in [-0.2, 0) is 4.79 Å². The molecule has 21 heavy (non-hydrogen) atoms. The highest BCUT2D eigenvalue weighted by Gasteiger charge is 2.26. The average molecular weight is 292 g/mol. The van der Waals surface area contributed by atoms with E-state index >= 15 is 0 Å². The zero-order chi connectivity index (χ0) is 14.7. The van der Waals surface area contributed by atoms with Crippen LogP contribution in [0.15, 0.2) is 12.3 Å². The lowest BCUT2D eigenvalue weighted by Crippen LogP contribution is -2.44. The Morgan fingerprint density at radius 3 is 3.00 bits per heavy atom. The molecule has 6 heteroatoms. The van der Waals surface area contributed by atoms with E-state index in [1.165, 1.54) is 12.1 Å². The fraction of sp³-hybridized carbons (Fsp3) is 0.733. The SMILES string of the molecule is O=C1CCCN1C[C@H](O)CN1CCC[C@H](c2ccn[nH]2)C1. The Labute approximate surface area is 125 Å². The van der Waals surface area contributed by atoms with Gasteiger partial charge in [-0.05, 0) is 31.9 Å². The summed E-state index contributed by atoms with van der Waals surface area (Å²) in [5.74, 6) is 0.657. The fourth-order valence-electron chi connectivity index (χ4n) is 3.48. The average Bonchev–Trinajstić information content (AvgIpc) is 3.12. The Hall–Kier alpha value is -1.40. The number of H-pyrrole nitrogens is 1. The monoisotopic (exact) mass is 292 g/mol. The number of aromatic nitrogens is 2. The molecule has 2 fully saturated rings. The summed E-state index contributed by atoms with van der Waals surface area (Å²) < 4.78 is 0. The number of carbonyl (C=O) groups excluding carboxylic acids is 1. The molecular weight excluding hydrogens is 268 g/mol. The van der Waals surface area contributed by atoms with Crippen LogP contribution in [0.4, 0.5) is 0 Å². The minimum Gasteiger partial charge on any atom is -0.390 e. The molecule has 0 aliphatic carbocycles. The normalized spacial score (nSPS) is 25.5. The van der Waals surface area contributed by atoms with Crippen molar-refractivity contribution in [1.82, 2.24) is 20.0 Å². The van der Waals surface area contributed by atoms with E-state index in [4.69, 9.17) is 0 Å². The first-order chi connectivity index (χ1) is 10.2. The lowest BCUT2D eigenvalue weighted by atomic mass is 9.95. The minimum absolute atomic E-state index is 0.183. The van der Waals surface area contributed by atoms with Crippen molar-refractivity contribution in [3.05, 3.63) is 18.0 Å². The van der Waals surface area contributed by atoms with Crippen molar-refractivity contribution < 1.29 is 9.90 Å². The fourth-order valence-corrected chi connectivity index (χ4v) is 3.48. The molecule has 1 amide bonds. The van der Waals surface area contributed by atoms with E-state index in [1.807, 2.05) is 6.07 Å². The van der Waals surface area contributed by atoms with Crippen molar-refractivity contribution in [3.8, 4) is 0 Å². The van der Waals surface area contributed by atoms with E-state index < -0.39 is 6.10 Å². The number of rotatable bonds is 5. The number of β-amino-alcohol motifs (C(OH)–C–C–N with tert-alkyl or cyclic N) is 1. The summed E-state index contributed by atoms with van der Waals surface area (Å²) in [6.45, 7) is 3.90. The van der Waals surface area contributed by atoms with Crippen LogP contribution in [0.2, 0.25) is 0 Å². The van der Waals surface area contributed by atoms with Crippen molar-refractivity contribution in [2.45, 2.75) is 37.7 Å². The van der Waals surface area contributed by atoms with Gasteiger partial charge in [-0.3, -0.25) is 9.89 Å². The Morgan fingerprint density at radius 1 is 1.38 bits per heavy atom. The second-order valence-electron chi connectivity index (χ2n) is 6.21. The van der Waals surface area contributed by atoms with Crippen LogP contribution in [0, 0.1) is 0 Å². The lowest BCUT2D eigenvalue weighted by molar-refractivity contribution is -0.129. The maximum Gasteiger partial charge on any atom is 0.222 e. The molecule has 2 aliphatic rings. The highest BCUT2D eigenvalue weighted by atomic mass is 16.3. The van der Waals surface area contributed by atoms with Crippen LogP contribution in [-0.4, -0.2) is 69.8 Å². The summed E-state index contributed by atoms with van der Waals surface area (Å²) in [5.41, 5.74) is 1.18. The molecule has 6 nitrogen and oxygen atoms in total. The van der Waals surface area contributed by atoms with Gasteiger partial charge in [-0.15, -0.1) is 0 Å². The van der Waals surface area contributed by atoms with Gasteiger partial charge in [0.05, 0.1) is 6.10 Å². The third kappa shape index (κ3) is 3.63. The number of aromatic amines is 1. The van der Waals surface area contributed by atoms with Crippen molar-refractivity contribution in [3.63, 3.8) is 0 Å². The van der Waals surface area contributed by atoms with Crippen molar-refractivity contribution in [2.75, 3.05) is 32.7 Å². The number of carbonyl (C=O) groups is 1. The molecule has 2 saturated heterocycles. The number of aliphatic hydroxyl groups excluding tert-OH is 1. The molecule has 0 unspecified atom stereocenters. The first-order valence-corrected chi connectivity index (χ1v) is 7.90. The molecule has 1 aromatic rings. The van der Waals surface area contributed by atoms with Crippen molar-refractivity contribution in [1.29, 1.82) is 0 Å². The zero-order valence-electron chi connectivity index (χ0n) is 12.4. The molecule has 2 aliphatic heterocycles. The summed E-state index contributed by atoms with van der Waals surface area (Å²) >= 11 is 0. The maximum atomic E-state index is 11.6. The van der Waals surface area contributed by atoms with Gasteiger partial charge in [0.25, 0.3) is 0 Å². The molecule has 1 aromatic heterocycles. The van der Waals surface area contributed by atoms with E-state index in [9.17, 15) is 9.90 Å². The standard InChI is InChI=1S/C15H24N4O2/c20-13(11-19-8-2-4-15(19)21)10-18-7-1-3-12(9-18)14-5-6-16-17-14/h5-6,12-13,20H,1-4,7-11H2,(H,16,17)/t12-,13+/m0/s1. The third-order valence-electron chi connectivity index (χ3n) is 4.54. The van der Waals surface area contributed by atoms with E-state index in [0.29, 0.717) is 25.4 Å². The highest BCUT2D eigenvalue weighted by Crippen LogP contribution is 2.25. The Balaban J connectivity index is 1.49. The van der Waals surface area contributed by atoms with Crippen molar-refractivity contribution >= 4 is 5.91 Å². The Bertz CT molecular complexity index is 462. The first kappa shape index (κ1) is 14.5. The summed E-state index contributed by atoms with van der Waals surface area (Å²) in [7, 11) is 0. The number of amides is 1. The van der Waals surface area contributed by atoms with Crippen LogP contribution < -0.4 is 0 Å². The number of piperidine rings is 1. The van der Waals surface area contributed by atoms with E-state index in [-0.39, 0.29) is 5.91 Å². The van der Waals surface area contributed by atoms with Gasteiger partial charge >= 0.3 is 0 Å². The molecule has 0 spiro atoms. The number of likely N-dealkylation sites (tertiary alicyclic amines) is 2. The number of nitrogens with zero attached hydrogens (tertiary/aromatic N) is 3. The van der Waals surface area contributed by atoms with Gasteiger partial charge in [0.1, 0.15) is 0 Å². The van der Waals surface area contributed by atoms with Crippen LogP contribution >= 0.6 is 0 Å². The molecule has 0 saturated carbocycles. The van der Waals surface area contributed by atoms with Crippen LogP contribution in [0.25, 0.3) is 0 Å². The van der Waals surface area contributed by atoms with Crippen LogP contribution in [0.5, 0.6) is 0 Å². The molecular formula is C15H24N4O2. The quantitative estimate of drug-likeness (QED) is 0.832. The minimum atomic E-state index is -0.451. The lowest BCUT2D eigenvalue weighted by Gasteiger charge is -2.34. The van der Waals surface area contributed by atoms with Gasteiger partial charge in [-0.1, -0.05) is 0 Å². The second kappa shape index (κ2) is 6.58. The van der Waals surface area contributed by atoms with E-state index in [0.717, 1.165) is 32.5 Å². The highest BCUT2D eigenvalue weighted by molar-refractivity contribution is 5.78. The molecule has 116 valence electrons. The van der Waals surface area contributed by atoms with Crippen LogP contribution in [0.3, 0.4) is 0 Å². The summed E-state index contributed by atoms with van der Waals surface area (Å²) in [5, 5.41) is 17.3. The Morgan fingerprint density at radius 2 is 2.29 bits per heavy atom. The van der Waals surface area contributed by atoms with Crippen LogP contribution in [0.1, 0.15) is 37.3 Å². The second-order valence-corrected chi connectivity index (χ2v) is 6.21. The summed E-state index contributed by atoms with van der Waals surface area (Å²) in [6, 6.07) is 2.04. The van der Waals surface area contributed by atoms with Gasteiger partial charge in [0.2, 0.25) is 5.91 Å². The molecule has 3 rings (SSSR count). The van der Waals surface area contributed by atoms with Gasteiger partial charge < -0.3 is 14.9 Å². The summed E-state index contributed by atoms with van der Waals surface area (Å²) in [6.07, 6.45) is 5.21. The predicted octanol–water partition coefficient (Wildman–Crippen LogP) is 0.572. The topological polar surface area (TPSA) is 72.5 Å². The van der Waals surface area contributed by atoms with Gasteiger partial charge in [0.15, 0.2) is 0 Å². The molecule has 2 atom stereocenters. The maximum absolute atomic E-state index is 11.6.